The maximum Gasteiger partial charge on any atom is 0.226 e. The molecule has 3 nitrogen and oxygen atoms in total. The molecule has 0 aliphatic heterocycles. The summed E-state index contributed by atoms with van der Waals surface area (Å²) in [5, 5.41) is 3.34. The van der Waals surface area contributed by atoms with Gasteiger partial charge >= 0.3 is 0 Å². The first kappa shape index (κ1) is 14.0. The molecule has 3 N–H and O–H groups in total. The fourth-order valence-electron chi connectivity index (χ4n) is 6.33. The molecule has 2 unspecified atom stereocenters. The third-order valence-electron chi connectivity index (χ3n) is 6.89. The van der Waals surface area contributed by atoms with Crippen molar-refractivity contribution in [1.82, 2.24) is 5.32 Å². The molecule has 0 spiro atoms. The molecule has 5 saturated carbocycles. The lowest BCUT2D eigenvalue weighted by Gasteiger charge is -2.55. The average Bonchev–Trinajstić information content (AvgIpc) is 2.43. The van der Waals surface area contributed by atoms with E-state index in [2.05, 4.69) is 5.32 Å². The molecule has 5 fully saturated rings. The Morgan fingerprint density at radius 3 is 2.19 bits per heavy atom. The topological polar surface area (TPSA) is 55.1 Å². The molecule has 0 aromatic heterocycles. The van der Waals surface area contributed by atoms with Gasteiger partial charge in [0.1, 0.15) is 0 Å². The molecule has 1 amide bonds. The van der Waals surface area contributed by atoms with E-state index in [0.29, 0.717) is 17.9 Å². The number of amides is 1. The number of hydrogen-bond acceptors (Lipinski definition) is 2. The van der Waals surface area contributed by atoms with Crippen LogP contribution in [0.25, 0.3) is 0 Å². The Labute approximate surface area is 128 Å². The van der Waals surface area contributed by atoms with Crippen LogP contribution >= 0.6 is 0 Å². The lowest BCUT2D eigenvalue weighted by atomic mass is 9.49. The Kier molecular flexibility index (Phi) is 3.52. The van der Waals surface area contributed by atoms with Crippen molar-refractivity contribution in [3.8, 4) is 0 Å². The van der Waals surface area contributed by atoms with Gasteiger partial charge in [-0.15, -0.1) is 0 Å². The van der Waals surface area contributed by atoms with Crippen LogP contribution in [-0.4, -0.2) is 18.5 Å². The Morgan fingerprint density at radius 1 is 1.00 bits per heavy atom. The summed E-state index contributed by atoms with van der Waals surface area (Å²) in [4.78, 5) is 12.9. The minimum atomic E-state index is 0.0194. The predicted octanol–water partition coefficient (Wildman–Crippen LogP) is 2.84. The molecule has 3 heteroatoms. The van der Waals surface area contributed by atoms with Gasteiger partial charge in [-0.25, -0.2) is 0 Å². The summed E-state index contributed by atoms with van der Waals surface area (Å²) in [6.07, 6.45) is 12.5. The van der Waals surface area contributed by atoms with E-state index >= 15 is 0 Å². The van der Waals surface area contributed by atoms with E-state index in [1.165, 1.54) is 57.8 Å². The van der Waals surface area contributed by atoms with Crippen LogP contribution in [0.3, 0.4) is 0 Å². The molecule has 0 aromatic rings. The van der Waals surface area contributed by atoms with Crippen LogP contribution in [0.5, 0.6) is 0 Å². The summed E-state index contributed by atoms with van der Waals surface area (Å²) >= 11 is 0. The van der Waals surface area contributed by atoms with Gasteiger partial charge < -0.3 is 11.1 Å². The number of nitrogens with one attached hydrogen (secondary N) is 1. The van der Waals surface area contributed by atoms with Gasteiger partial charge in [0, 0.05) is 18.0 Å². The van der Waals surface area contributed by atoms with Crippen LogP contribution in [-0.2, 0) is 4.79 Å². The van der Waals surface area contributed by atoms with Crippen LogP contribution in [0.1, 0.15) is 64.2 Å². The molecule has 5 aliphatic carbocycles. The molecule has 4 bridgehead atoms. The van der Waals surface area contributed by atoms with Crippen molar-refractivity contribution in [2.24, 2.45) is 34.8 Å². The lowest BCUT2D eigenvalue weighted by molar-refractivity contribution is -0.146. The monoisotopic (exact) mass is 290 g/mol. The molecule has 21 heavy (non-hydrogen) atoms. The van der Waals surface area contributed by atoms with E-state index in [4.69, 9.17) is 5.73 Å². The predicted molar refractivity (Wildman–Crippen MR) is 83.5 cm³/mol. The van der Waals surface area contributed by atoms with E-state index in [-0.39, 0.29) is 5.41 Å². The maximum absolute atomic E-state index is 12.9. The van der Waals surface area contributed by atoms with Crippen molar-refractivity contribution in [3.63, 3.8) is 0 Å². The van der Waals surface area contributed by atoms with Gasteiger partial charge in [-0.2, -0.15) is 0 Å². The first-order valence-electron chi connectivity index (χ1n) is 9.17. The molecule has 0 saturated heterocycles. The highest BCUT2D eigenvalue weighted by atomic mass is 16.2. The van der Waals surface area contributed by atoms with Crippen LogP contribution in [0.4, 0.5) is 0 Å². The molecule has 0 aromatic carbocycles. The van der Waals surface area contributed by atoms with Gasteiger partial charge in [0.25, 0.3) is 0 Å². The molecule has 2 atom stereocenters. The van der Waals surface area contributed by atoms with Crippen LogP contribution in [0.15, 0.2) is 0 Å². The highest BCUT2D eigenvalue weighted by Gasteiger charge is 2.54. The summed E-state index contributed by atoms with van der Waals surface area (Å²) in [6.45, 7) is 0.869. The standard InChI is InChI=1S/C18H30N2O/c19-16-3-1-2-12(7-16)11-20-17(21)18-8-13-4-14(9-18)6-15(5-13)10-18/h12-16H,1-11,19H2,(H,20,21). The quantitative estimate of drug-likeness (QED) is 0.840. The van der Waals surface area contributed by atoms with Crippen molar-refractivity contribution >= 4 is 5.91 Å². The van der Waals surface area contributed by atoms with Gasteiger partial charge in [0.15, 0.2) is 0 Å². The third kappa shape index (κ3) is 2.62. The second-order valence-corrected chi connectivity index (χ2v) is 8.70. The Hall–Kier alpha value is -0.570. The van der Waals surface area contributed by atoms with Crippen LogP contribution in [0.2, 0.25) is 0 Å². The Bertz CT molecular complexity index is 384. The fraction of sp³-hybridized carbons (Fsp3) is 0.944. The second kappa shape index (κ2) is 5.26. The number of rotatable bonds is 3. The second-order valence-electron chi connectivity index (χ2n) is 8.70. The summed E-state index contributed by atoms with van der Waals surface area (Å²) in [7, 11) is 0. The number of carbonyl (C=O) groups is 1. The summed E-state index contributed by atoms with van der Waals surface area (Å²) in [5.41, 5.74) is 6.08. The fourth-order valence-corrected chi connectivity index (χ4v) is 6.33. The van der Waals surface area contributed by atoms with E-state index in [9.17, 15) is 4.79 Å². The average molecular weight is 290 g/mol. The van der Waals surface area contributed by atoms with Gasteiger partial charge in [-0.05, 0) is 81.5 Å². The maximum atomic E-state index is 12.9. The Morgan fingerprint density at radius 2 is 1.62 bits per heavy atom. The summed E-state index contributed by atoms with van der Waals surface area (Å²) < 4.78 is 0. The highest BCUT2D eigenvalue weighted by molar-refractivity contribution is 5.83. The first-order chi connectivity index (χ1) is 10.1. The van der Waals surface area contributed by atoms with Gasteiger partial charge in [-0.1, -0.05) is 6.42 Å². The molecular formula is C18H30N2O. The smallest absolute Gasteiger partial charge is 0.226 e. The zero-order valence-corrected chi connectivity index (χ0v) is 13.2. The summed E-state index contributed by atoms with van der Waals surface area (Å²) in [5.74, 6) is 3.56. The minimum absolute atomic E-state index is 0.0194. The normalized spacial score (nSPS) is 48.3. The Balaban J connectivity index is 1.36. The van der Waals surface area contributed by atoms with Crippen molar-refractivity contribution < 1.29 is 4.79 Å². The first-order valence-corrected chi connectivity index (χ1v) is 9.17. The van der Waals surface area contributed by atoms with Gasteiger partial charge in [0.05, 0.1) is 0 Å². The zero-order valence-electron chi connectivity index (χ0n) is 13.2. The van der Waals surface area contributed by atoms with Gasteiger partial charge in [0.2, 0.25) is 5.91 Å². The summed E-state index contributed by atoms with van der Waals surface area (Å²) in [6, 6.07) is 0.361. The molecule has 0 heterocycles. The van der Waals surface area contributed by atoms with Crippen molar-refractivity contribution in [2.45, 2.75) is 70.3 Å². The van der Waals surface area contributed by atoms with E-state index in [0.717, 1.165) is 30.7 Å². The largest absolute Gasteiger partial charge is 0.355 e. The highest BCUT2D eigenvalue weighted by Crippen LogP contribution is 2.60. The van der Waals surface area contributed by atoms with Crippen LogP contribution < -0.4 is 11.1 Å². The molecule has 0 radical (unpaired) electrons. The number of carbonyl (C=O) groups excluding carboxylic acids is 1. The SMILES string of the molecule is NC1CCCC(CNC(=O)C23CC4CC(CC(C4)C2)C3)C1. The molecule has 5 rings (SSSR count). The lowest BCUT2D eigenvalue weighted by Crippen LogP contribution is -2.54. The number of hydrogen-bond donors (Lipinski definition) is 2. The zero-order chi connectivity index (χ0) is 14.4. The molecule has 5 aliphatic rings. The van der Waals surface area contributed by atoms with Crippen molar-refractivity contribution in [3.05, 3.63) is 0 Å². The van der Waals surface area contributed by atoms with Gasteiger partial charge in [-0.3, -0.25) is 4.79 Å². The molecule has 118 valence electrons. The van der Waals surface area contributed by atoms with Crippen LogP contribution in [0, 0.1) is 29.1 Å². The molecular weight excluding hydrogens is 260 g/mol. The van der Waals surface area contributed by atoms with E-state index < -0.39 is 0 Å². The van der Waals surface area contributed by atoms with E-state index in [1.54, 1.807) is 0 Å². The minimum Gasteiger partial charge on any atom is -0.355 e. The third-order valence-corrected chi connectivity index (χ3v) is 6.89. The van der Waals surface area contributed by atoms with Crippen molar-refractivity contribution in [1.29, 1.82) is 0 Å². The number of nitrogens with two attached hydrogens (primary N) is 1. The van der Waals surface area contributed by atoms with E-state index in [1.807, 2.05) is 0 Å². The van der Waals surface area contributed by atoms with Crippen molar-refractivity contribution in [2.75, 3.05) is 6.54 Å².